The summed E-state index contributed by atoms with van der Waals surface area (Å²) in [6.07, 6.45) is 2.20. The molecule has 6 N–H and O–H groups in total. The Morgan fingerprint density at radius 3 is 2.38 bits per heavy atom. The van der Waals surface area contributed by atoms with Crippen molar-refractivity contribution in [3.05, 3.63) is 87.0 Å². The number of H-pyrrole nitrogens is 2. The number of carbonyl (C=O) groups is 1. The molecule has 0 bridgehead atoms. The van der Waals surface area contributed by atoms with E-state index in [2.05, 4.69) is 20.6 Å². The third-order valence-corrected chi connectivity index (χ3v) is 5.48. The van der Waals surface area contributed by atoms with Gasteiger partial charge in [-0.05, 0) is 29.3 Å². The molecule has 6 nitrogen and oxygen atoms in total. The van der Waals surface area contributed by atoms with Gasteiger partial charge in [0.15, 0.2) is 12.7 Å². The Bertz CT molecular complexity index is 1140. The highest BCUT2D eigenvalue weighted by Crippen LogP contribution is 2.26. The minimum absolute atomic E-state index is 0. The first-order chi connectivity index (χ1) is 15.7. The monoisotopic (exact) mass is 620 g/mol. The summed E-state index contributed by atoms with van der Waals surface area (Å²) in [5.41, 5.74) is 6.77. The summed E-state index contributed by atoms with van der Waals surface area (Å²) >= 11 is 12.0. The molecule has 0 aliphatic rings. The summed E-state index contributed by atoms with van der Waals surface area (Å²) < 4.78 is 43.7. The van der Waals surface area contributed by atoms with Crippen molar-refractivity contribution in [3.8, 4) is 0 Å². The number of hydrogen-bond acceptors (Lipinski definition) is 3. The van der Waals surface area contributed by atoms with Crippen molar-refractivity contribution >= 4 is 34.9 Å². The average Bonchev–Trinajstić information content (AvgIpc) is 2.80. The zero-order valence-corrected chi connectivity index (χ0v) is 22.2. The SMILES string of the molecule is C.NCc1ccc(Cl)cc1CNC(=O)Cc1c(Cl)c[nH+]c(NCC(F)(F)c2cccc[nH+]2)c1F.[Cl-].[Cl-].[Cl-]. The lowest BCUT2D eigenvalue weighted by molar-refractivity contribution is -0.412. The number of amides is 1. The van der Waals surface area contributed by atoms with Crippen molar-refractivity contribution in [2.24, 2.45) is 5.73 Å². The fraction of sp³-hybridized carbons (Fsp3) is 0.261. The molecular weight excluding hydrogens is 597 g/mol. The highest BCUT2D eigenvalue weighted by molar-refractivity contribution is 6.31. The van der Waals surface area contributed by atoms with Gasteiger partial charge in [-0.25, -0.2) is 9.97 Å². The highest BCUT2D eigenvalue weighted by atomic mass is 35.5. The molecule has 0 saturated heterocycles. The molecule has 3 rings (SSSR count). The smallest absolute Gasteiger partial charge is 0.365 e. The number of nitrogens with one attached hydrogen (secondary N) is 4. The Morgan fingerprint density at radius 2 is 1.76 bits per heavy atom. The largest absolute Gasteiger partial charge is 1.00 e. The maximum absolute atomic E-state index is 15.0. The molecule has 37 heavy (non-hydrogen) atoms. The van der Waals surface area contributed by atoms with Crippen molar-refractivity contribution < 1.29 is 65.2 Å². The number of halogens is 8. The second-order valence-electron chi connectivity index (χ2n) is 7.21. The zero-order valence-electron chi connectivity index (χ0n) is 18.5. The number of anilines is 1. The van der Waals surface area contributed by atoms with E-state index in [9.17, 15) is 18.0 Å². The summed E-state index contributed by atoms with van der Waals surface area (Å²) in [4.78, 5) is 17.4. The van der Waals surface area contributed by atoms with E-state index >= 15 is 0 Å². The minimum atomic E-state index is -3.30. The van der Waals surface area contributed by atoms with Crippen LogP contribution in [0.15, 0.2) is 48.8 Å². The van der Waals surface area contributed by atoms with Crippen LogP contribution in [0.3, 0.4) is 0 Å². The van der Waals surface area contributed by atoms with E-state index in [0.717, 1.165) is 11.1 Å². The summed E-state index contributed by atoms with van der Waals surface area (Å²) in [6.45, 7) is -0.488. The van der Waals surface area contributed by atoms with Crippen molar-refractivity contribution in [2.75, 3.05) is 11.9 Å². The highest BCUT2D eigenvalue weighted by Gasteiger charge is 2.40. The first-order valence-corrected chi connectivity index (χ1v) is 10.7. The van der Waals surface area contributed by atoms with Gasteiger partial charge in [-0.1, -0.05) is 36.7 Å². The number of pyridine rings is 2. The lowest BCUT2D eigenvalue weighted by Crippen LogP contribution is -3.00. The van der Waals surface area contributed by atoms with E-state index in [0.29, 0.717) is 5.02 Å². The molecule has 0 aliphatic carbocycles. The van der Waals surface area contributed by atoms with Gasteiger partial charge in [0.1, 0.15) is 6.20 Å². The van der Waals surface area contributed by atoms with Crippen LogP contribution in [0.4, 0.5) is 19.0 Å². The van der Waals surface area contributed by atoms with Crippen LogP contribution < -0.4 is 63.6 Å². The van der Waals surface area contributed by atoms with Gasteiger partial charge in [0, 0.05) is 35.8 Å². The molecular formula is C23H26Cl5F3N5O-. The molecule has 0 fully saturated rings. The predicted octanol–water partition coefficient (Wildman–Crippen LogP) is -5.07. The Labute approximate surface area is 242 Å². The van der Waals surface area contributed by atoms with Crippen molar-refractivity contribution in [1.82, 2.24) is 5.32 Å². The Morgan fingerprint density at radius 1 is 1.05 bits per heavy atom. The molecule has 3 aromatic rings. The van der Waals surface area contributed by atoms with E-state index in [-0.39, 0.29) is 79.8 Å². The van der Waals surface area contributed by atoms with Crippen LogP contribution in [-0.2, 0) is 30.2 Å². The maximum Gasteiger partial charge on any atom is 0.365 e. The summed E-state index contributed by atoms with van der Waals surface area (Å²) in [6, 6.07) is 9.40. The third kappa shape index (κ3) is 10.00. The number of hydrogen-bond donors (Lipinski definition) is 3. The van der Waals surface area contributed by atoms with E-state index in [4.69, 9.17) is 28.9 Å². The van der Waals surface area contributed by atoms with Crippen molar-refractivity contribution in [1.29, 1.82) is 0 Å². The topological polar surface area (TPSA) is 95.4 Å². The molecule has 0 aliphatic heterocycles. The predicted molar refractivity (Wildman–Crippen MR) is 125 cm³/mol. The zero-order chi connectivity index (χ0) is 24.0. The number of alkyl halides is 2. The van der Waals surface area contributed by atoms with Gasteiger partial charge in [0.2, 0.25) is 11.7 Å². The molecule has 0 atom stereocenters. The maximum atomic E-state index is 15.0. The van der Waals surface area contributed by atoms with Gasteiger partial charge in [-0.2, -0.15) is 13.2 Å². The first-order valence-electron chi connectivity index (χ1n) is 9.92. The van der Waals surface area contributed by atoms with Crippen LogP contribution in [0.25, 0.3) is 0 Å². The molecule has 206 valence electrons. The number of nitrogens with two attached hydrogens (primary N) is 1. The van der Waals surface area contributed by atoms with Gasteiger partial charge >= 0.3 is 11.7 Å². The lowest BCUT2D eigenvalue weighted by atomic mass is 10.1. The molecule has 0 spiro atoms. The van der Waals surface area contributed by atoms with Gasteiger partial charge in [0.25, 0.3) is 5.69 Å². The van der Waals surface area contributed by atoms with Crippen LogP contribution in [0, 0.1) is 5.82 Å². The molecule has 2 heterocycles. The molecule has 0 saturated carbocycles. The number of aromatic amines is 2. The fourth-order valence-corrected chi connectivity index (χ4v) is 3.52. The second kappa shape index (κ2) is 16.8. The van der Waals surface area contributed by atoms with Gasteiger partial charge in [-0.15, -0.1) is 0 Å². The van der Waals surface area contributed by atoms with Crippen LogP contribution in [0.5, 0.6) is 0 Å². The van der Waals surface area contributed by atoms with E-state index in [1.807, 2.05) is 0 Å². The first kappa shape index (κ1) is 37.1. The molecule has 1 amide bonds. The summed E-state index contributed by atoms with van der Waals surface area (Å²) in [7, 11) is 0. The quantitative estimate of drug-likeness (QED) is 0.223. The minimum Gasteiger partial charge on any atom is -1.00 e. The van der Waals surface area contributed by atoms with E-state index in [1.165, 1.54) is 24.5 Å². The molecule has 1 aromatic carbocycles. The van der Waals surface area contributed by atoms with Gasteiger partial charge in [0.05, 0.1) is 11.4 Å². The molecule has 14 heteroatoms. The number of aromatic nitrogens is 2. The second-order valence-corrected chi connectivity index (χ2v) is 8.05. The van der Waals surface area contributed by atoms with E-state index < -0.39 is 30.6 Å². The van der Waals surface area contributed by atoms with Crippen molar-refractivity contribution in [3.63, 3.8) is 0 Å². The standard InChI is InChI=1S/C22H20Cl2F3N5O.CH4.3ClH/c23-15-5-4-13(9-28)14(7-15)10-30-19(33)8-16-17(24)11-31-21(20(16)25)32-12-22(26,27)18-3-1-2-6-29-18;;;;/h1-7,11H,8-10,12,28H2,(H,30,33)(H,31,32);1H4;3*1H/p-1. The fourth-order valence-electron chi connectivity index (χ4n) is 3.12. The van der Waals surface area contributed by atoms with Crippen LogP contribution in [0.1, 0.15) is 29.8 Å². The number of benzene rings is 1. The van der Waals surface area contributed by atoms with Crippen LogP contribution >= 0.6 is 23.2 Å². The Hall–Kier alpha value is -2.01. The summed E-state index contributed by atoms with van der Waals surface area (Å²) in [5, 5.41) is 5.47. The van der Waals surface area contributed by atoms with Crippen LogP contribution in [-0.4, -0.2) is 12.5 Å². The number of rotatable bonds is 9. The van der Waals surface area contributed by atoms with Crippen LogP contribution in [0.2, 0.25) is 10.0 Å². The molecule has 2 aromatic heterocycles. The van der Waals surface area contributed by atoms with Crippen molar-refractivity contribution in [2.45, 2.75) is 32.9 Å². The average molecular weight is 623 g/mol. The third-order valence-electron chi connectivity index (χ3n) is 4.91. The normalized spacial score (nSPS) is 10.1. The lowest BCUT2D eigenvalue weighted by Gasteiger charge is -2.12. The Kier molecular flexibility index (Phi) is 16.8. The Balaban J connectivity index is 0. The number of carbonyl (C=O) groups excluding carboxylic acids is 1. The molecule has 0 radical (unpaired) electrons. The molecule has 0 unspecified atom stereocenters. The van der Waals surface area contributed by atoms with E-state index in [1.54, 1.807) is 24.3 Å². The van der Waals surface area contributed by atoms with Gasteiger partial charge in [-0.3, -0.25) is 10.1 Å². The van der Waals surface area contributed by atoms with Gasteiger partial charge < -0.3 is 48.3 Å². The summed E-state index contributed by atoms with van der Waals surface area (Å²) in [5.74, 6) is -5.04.